The summed E-state index contributed by atoms with van der Waals surface area (Å²) >= 11 is 0. The zero-order valence-corrected chi connectivity index (χ0v) is 13.0. The van der Waals surface area contributed by atoms with Crippen LogP contribution in [-0.4, -0.2) is 43.6 Å². The van der Waals surface area contributed by atoms with Crippen molar-refractivity contribution in [3.63, 3.8) is 0 Å². The van der Waals surface area contributed by atoms with Crippen molar-refractivity contribution in [3.8, 4) is 0 Å². The third kappa shape index (κ3) is 4.82. The molecular formula is C15H21NO4S. The lowest BCUT2D eigenvalue weighted by molar-refractivity contribution is -0.143. The minimum Gasteiger partial charge on any atom is -0.465 e. The minimum absolute atomic E-state index is 0.0208. The molecule has 1 aliphatic rings. The van der Waals surface area contributed by atoms with E-state index in [2.05, 4.69) is 0 Å². The van der Waals surface area contributed by atoms with Crippen LogP contribution in [0.2, 0.25) is 0 Å². The zero-order chi connectivity index (χ0) is 15.3. The maximum absolute atomic E-state index is 12.4. The molecule has 0 atom stereocenters. The van der Waals surface area contributed by atoms with Gasteiger partial charge in [-0.1, -0.05) is 30.3 Å². The lowest BCUT2D eigenvalue weighted by atomic mass is 10.2. The average molecular weight is 311 g/mol. The summed E-state index contributed by atoms with van der Waals surface area (Å²) in [5.41, 5.74) is 0.980. The number of sulfonamides is 1. The molecule has 0 bridgehead atoms. The van der Waals surface area contributed by atoms with Crippen molar-refractivity contribution < 1.29 is 17.9 Å². The fraction of sp³-hybridized carbons (Fsp3) is 0.533. The van der Waals surface area contributed by atoms with Crippen LogP contribution in [0.4, 0.5) is 0 Å². The number of benzene rings is 1. The molecule has 0 radical (unpaired) electrons. The monoisotopic (exact) mass is 311 g/mol. The maximum atomic E-state index is 12.4. The lowest BCUT2D eigenvalue weighted by Crippen LogP contribution is -2.39. The van der Waals surface area contributed by atoms with Crippen molar-refractivity contribution in [1.82, 2.24) is 4.31 Å². The summed E-state index contributed by atoms with van der Waals surface area (Å²) in [6.45, 7) is 1.81. The van der Waals surface area contributed by atoms with Crippen LogP contribution in [0, 0.1) is 0 Å². The van der Waals surface area contributed by atoms with Crippen LogP contribution in [0.25, 0.3) is 0 Å². The molecule has 1 saturated carbocycles. The van der Waals surface area contributed by atoms with E-state index in [1.54, 1.807) is 6.92 Å². The van der Waals surface area contributed by atoms with Crippen LogP contribution in [0.15, 0.2) is 30.3 Å². The topological polar surface area (TPSA) is 63.7 Å². The SMILES string of the molecule is CCOC(=O)CN(C1CC1)S(=O)(=O)CCc1ccccc1. The molecule has 0 spiro atoms. The first-order valence-corrected chi connectivity index (χ1v) is 8.83. The highest BCUT2D eigenvalue weighted by molar-refractivity contribution is 7.89. The molecule has 1 aromatic carbocycles. The molecular weight excluding hydrogens is 290 g/mol. The summed E-state index contributed by atoms with van der Waals surface area (Å²) in [4.78, 5) is 11.6. The molecule has 0 amide bonds. The lowest BCUT2D eigenvalue weighted by Gasteiger charge is -2.20. The second-order valence-corrected chi connectivity index (χ2v) is 7.17. The molecule has 1 aromatic rings. The highest BCUT2D eigenvalue weighted by Gasteiger charge is 2.38. The van der Waals surface area contributed by atoms with Crippen LogP contribution in [0.1, 0.15) is 25.3 Å². The average Bonchev–Trinajstić information content (AvgIpc) is 3.28. The van der Waals surface area contributed by atoms with E-state index in [4.69, 9.17) is 4.74 Å². The normalized spacial score (nSPS) is 15.1. The number of hydrogen-bond donors (Lipinski definition) is 0. The number of ether oxygens (including phenoxy) is 1. The van der Waals surface area contributed by atoms with Crippen molar-refractivity contribution in [2.45, 2.75) is 32.2 Å². The molecule has 0 saturated heterocycles. The second kappa shape index (κ2) is 7.04. The number of rotatable bonds is 8. The number of carbonyl (C=O) groups is 1. The van der Waals surface area contributed by atoms with Crippen molar-refractivity contribution in [2.24, 2.45) is 0 Å². The summed E-state index contributed by atoms with van der Waals surface area (Å²) in [5.74, 6) is -0.458. The van der Waals surface area contributed by atoms with Crippen LogP contribution in [0.3, 0.4) is 0 Å². The summed E-state index contributed by atoms with van der Waals surface area (Å²) < 4.78 is 31.1. The van der Waals surface area contributed by atoms with Gasteiger partial charge in [-0.15, -0.1) is 0 Å². The van der Waals surface area contributed by atoms with Crippen LogP contribution >= 0.6 is 0 Å². The number of hydrogen-bond acceptors (Lipinski definition) is 4. The largest absolute Gasteiger partial charge is 0.465 e. The van der Waals surface area contributed by atoms with E-state index < -0.39 is 16.0 Å². The third-order valence-electron chi connectivity index (χ3n) is 3.39. The van der Waals surface area contributed by atoms with Crippen LogP contribution < -0.4 is 0 Å². The Kier molecular flexibility index (Phi) is 5.36. The van der Waals surface area contributed by atoms with E-state index in [1.165, 1.54) is 4.31 Å². The van der Waals surface area contributed by atoms with Gasteiger partial charge in [-0.3, -0.25) is 4.79 Å². The van der Waals surface area contributed by atoms with E-state index in [-0.39, 0.29) is 24.9 Å². The molecule has 5 nitrogen and oxygen atoms in total. The molecule has 0 N–H and O–H groups in total. The first-order chi connectivity index (χ1) is 10.0. The van der Waals surface area contributed by atoms with E-state index in [0.717, 1.165) is 18.4 Å². The molecule has 0 heterocycles. The minimum atomic E-state index is -3.44. The first kappa shape index (κ1) is 16.0. The first-order valence-electron chi connectivity index (χ1n) is 7.22. The van der Waals surface area contributed by atoms with Gasteiger partial charge in [0, 0.05) is 6.04 Å². The number of aryl methyl sites for hydroxylation is 1. The predicted octanol–water partition coefficient (Wildman–Crippen LogP) is 1.59. The summed E-state index contributed by atoms with van der Waals surface area (Å²) in [7, 11) is -3.44. The highest BCUT2D eigenvalue weighted by Crippen LogP contribution is 2.29. The van der Waals surface area contributed by atoms with Gasteiger partial charge in [0.25, 0.3) is 0 Å². The Bertz CT molecular complexity index is 567. The molecule has 0 aromatic heterocycles. The zero-order valence-electron chi connectivity index (χ0n) is 12.2. The summed E-state index contributed by atoms with van der Waals surface area (Å²) in [5, 5.41) is 0. The van der Waals surface area contributed by atoms with Gasteiger partial charge in [0.15, 0.2) is 0 Å². The van der Waals surface area contributed by atoms with Crippen molar-refractivity contribution >= 4 is 16.0 Å². The van der Waals surface area contributed by atoms with Crippen LogP contribution in [0.5, 0.6) is 0 Å². The predicted molar refractivity (Wildman–Crippen MR) is 80.3 cm³/mol. The van der Waals surface area contributed by atoms with Gasteiger partial charge in [-0.25, -0.2) is 8.42 Å². The number of carbonyl (C=O) groups excluding carboxylic acids is 1. The fourth-order valence-electron chi connectivity index (χ4n) is 2.16. The summed E-state index contributed by atoms with van der Waals surface area (Å²) in [6.07, 6.45) is 2.10. The quantitative estimate of drug-likeness (QED) is 0.684. The van der Waals surface area contributed by atoms with Gasteiger partial charge in [-0.2, -0.15) is 4.31 Å². The van der Waals surface area contributed by atoms with E-state index in [9.17, 15) is 13.2 Å². The Labute approximate surface area is 126 Å². The Hall–Kier alpha value is -1.40. The van der Waals surface area contributed by atoms with Crippen molar-refractivity contribution in [2.75, 3.05) is 18.9 Å². The highest BCUT2D eigenvalue weighted by atomic mass is 32.2. The standard InChI is InChI=1S/C15H21NO4S/c1-2-20-15(17)12-16(14-8-9-14)21(18,19)11-10-13-6-4-3-5-7-13/h3-7,14H,2,8-12H2,1H3. The molecule has 2 rings (SSSR count). The van der Waals surface area contributed by atoms with Gasteiger partial charge in [-0.05, 0) is 31.7 Å². The van der Waals surface area contributed by atoms with Gasteiger partial charge in [0.1, 0.15) is 6.54 Å². The smallest absolute Gasteiger partial charge is 0.321 e. The Morgan fingerprint density at radius 3 is 2.52 bits per heavy atom. The van der Waals surface area contributed by atoms with Gasteiger partial charge in [0.2, 0.25) is 10.0 Å². The van der Waals surface area contributed by atoms with Crippen LogP contribution in [-0.2, 0) is 26.0 Å². The Morgan fingerprint density at radius 2 is 1.95 bits per heavy atom. The number of nitrogens with zero attached hydrogens (tertiary/aromatic N) is 1. The Morgan fingerprint density at radius 1 is 1.29 bits per heavy atom. The van der Waals surface area contributed by atoms with E-state index in [0.29, 0.717) is 6.42 Å². The summed E-state index contributed by atoms with van der Waals surface area (Å²) in [6, 6.07) is 9.45. The molecule has 0 aliphatic heterocycles. The van der Waals surface area contributed by atoms with Gasteiger partial charge >= 0.3 is 5.97 Å². The fourth-order valence-corrected chi connectivity index (χ4v) is 3.86. The molecule has 1 fully saturated rings. The van der Waals surface area contributed by atoms with E-state index >= 15 is 0 Å². The van der Waals surface area contributed by atoms with Gasteiger partial charge in [0.05, 0.1) is 12.4 Å². The van der Waals surface area contributed by atoms with Gasteiger partial charge < -0.3 is 4.74 Å². The van der Waals surface area contributed by atoms with Crippen molar-refractivity contribution in [1.29, 1.82) is 0 Å². The van der Waals surface area contributed by atoms with Crippen molar-refractivity contribution in [3.05, 3.63) is 35.9 Å². The second-order valence-electron chi connectivity index (χ2n) is 5.13. The number of esters is 1. The molecule has 21 heavy (non-hydrogen) atoms. The third-order valence-corrected chi connectivity index (χ3v) is 5.26. The molecule has 116 valence electrons. The van der Waals surface area contributed by atoms with E-state index in [1.807, 2.05) is 30.3 Å². The molecule has 0 unspecified atom stereocenters. The maximum Gasteiger partial charge on any atom is 0.321 e. The molecule has 6 heteroatoms. The molecule has 1 aliphatic carbocycles. The Balaban J connectivity index is 1.99.